The van der Waals surface area contributed by atoms with Gasteiger partial charge in [-0.05, 0) is 36.4 Å². The van der Waals surface area contributed by atoms with Crippen molar-refractivity contribution in [1.82, 2.24) is 14.8 Å². The van der Waals surface area contributed by atoms with Gasteiger partial charge in [-0.25, -0.2) is 4.39 Å². The molecule has 0 unspecified atom stereocenters. The van der Waals surface area contributed by atoms with E-state index in [2.05, 4.69) is 31.4 Å². The summed E-state index contributed by atoms with van der Waals surface area (Å²) in [6.07, 6.45) is 1.54. The van der Waals surface area contributed by atoms with Gasteiger partial charge in [-0.1, -0.05) is 45.4 Å². The van der Waals surface area contributed by atoms with E-state index in [9.17, 15) is 9.18 Å². The Kier molecular flexibility index (Phi) is 5.72. The van der Waals surface area contributed by atoms with Crippen LogP contribution in [0.4, 0.5) is 10.1 Å². The van der Waals surface area contributed by atoms with Crippen molar-refractivity contribution in [2.45, 2.75) is 5.16 Å². The van der Waals surface area contributed by atoms with Crippen LogP contribution < -0.4 is 5.32 Å². The average molecular weight is 442 g/mol. The number of hydrogen-bond acceptors (Lipinski definition) is 4. The summed E-state index contributed by atoms with van der Waals surface area (Å²) in [5, 5.41) is 11.5. The molecule has 25 heavy (non-hydrogen) atoms. The highest BCUT2D eigenvalue weighted by Gasteiger charge is 2.12. The van der Waals surface area contributed by atoms with E-state index in [1.165, 1.54) is 23.9 Å². The average Bonchev–Trinajstić information content (AvgIpc) is 3.04. The van der Waals surface area contributed by atoms with Gasteiger partial charge in [0, 0.05) is 9.50 Å². The Labute approximate surface area is 160 Å². The van der Waals surface area contributed by atoms with E-state index in [1.54, 1.807) is 29.1 Å². The van der Waals surface area contributed by atoms with E-state index in [1.807, 2.05) is 12.1 Å². The third-order valence-corrected chi connectivity index (χ3v) is 4.81. The lowest BCUT2D eigenvalue weighted by Gasteiger charge is -2.08. The monoisotopic (exact) mass is 440 g/mol. The molecule has 1 amide bonds. The molecular formula is C16H11BrClFN4OS. The molecule has 128 valence electrons. The fourth-order valence-corrected chi connectivity index (χ4v) is 3.28. The zero-order valence-electron chi connectivity index (χ0n) is 12.6. The van der Waals surface area contributed by atoms with Crippen LogP contribution in [0.3, 0.4) is 0 Å². The second kappa shape index (κ2) is 7.99. The molecule has 3 rings (SSSR count). The number of nitrogens with one attached hydrogen (secondary N) is 1. The summed E-state index contributed by atoms with van der Waals surface area (Å²) in [4.78, 5) is 12.1. The molecular weight excluding hydrogens is 431 g/mol. The van der Waals surface area contributed by atoms with Gasteiger partial charge in [-0.2, -0.15) is 0 Å². The van der Waals surface area contributed by atoms with Crippen molar-refractivity contribution in [3.8, 4) is 5.69 Å². The molecule has 0 aliphatic carbocycles. The highest BCUT2D eigenvalue weighted by molar-refractivity contribution is 9.10. The highest BCUT2D eigenvalue weighted by Crippen LogP contribution is 2.23. The summed E-state index contributed by atoms with van der Waals surface area (Å²) in [5.74, 6) is -0.781. The lowest BCUT2D eigenvalue weighted by atomic mass is 10.3. The summed E-state index contributed by atoms with van der Waals surface area (Å²) in [7, 11) is 0. The van der Waals surface area contributed by atoms with Gasteiger partial charge in [0.1, 0.15) is 12.1 Å². The minimum absolute atomic E-state index is 0.0642. The molecule has 5 nitrogen and oxygen atoms in total. The Morgan fingerprint density at radius 2 is 2.16 bits per heavy atom. The molecule has 0 saturated heterocycles. The van der Waals surface area contributed by atoms with E-state index in [-0.39, 0.29) is 17.3 Å². The van der Waals surface area contributed by atoms with Crippen LogP contribution in [0.25, 0.3) is 5.69 Å². The number of hydrogen-bond donors (Lipinski definition) is 1. The van der Waals surface area contributed by atoms with Crippen molar-refractivity contribution in [2.75, 3.05) is 11.1 Å². The van der Waals surface area contributed by atoms with Crippen LogP contribution >= 0.6 is 39.3 Å². The number of thioether (sulfide) groups is 1. The zero-order valence-corrected chi connectivity index (χ0v) is 15.8. The minimum Gasteiger partial charge on any atom is -0.323 e. The van der Waals surface area contributed by atoms with Crippen molar-refractivity contribution < 1.29 is 9.18 Å². The number of halogens is 3. The number of amides is 1. The second-order valence-electron chi connectivity index (χ2n) is 4.92. The van der Waals surface area contributed by atoms with Crippen molar-refractivity contribution in [3.63, 3.8) is 0 Å². The number of anilines is 1. The molecule has 3 aromatic rings. The Bertz CT molecular complexity index is 921. The molecule has 1 N–H and O–H groups in total. The molecule has 0 aliphatic rings. The van der Waals surface area contributed by atoms with Crippen LogP contribution in [0.15, 0.2) is 58.4 Å². The van der Waals surface area contributed by atoms with Crippen molar-refractivity contribution in [2.24, 2.45) is 0 Å². The maximum absolute atomic E-state index is 13.8. The number of carbonyl (C=O) groups excluding carboxylic acids is 1. The second-order valence-corrected chi connectivity index (χ2v) is 7.22. The quantitative estimate of drug-likeness (QED) is 0.590. The lowest BCUT2D eigenvalue weighted by molar-refractivity contribution is -0.113. The van der Waals surface area contributed by atoms with E-state index in [0.29, 0.717) is 14.7 Å². The topological polar surface area (TPSA) is 59.8 Å². The van der Waals surface area contributed by atoms with Gasteiger partial charge in [0.15, 0.2) is 5.16 Å². The number of carbonyl (C=O) groups is 1. The molecule has 0 fully saturated rings. The third-order valence-electron chi connectivity index (χ3n) is 3.14. The highest BCUT2D eigenvalue weighted by atomic mass is 79.9. The Morgan fingerprint density at radius 3 is 2.92 bits per heavy atom. The van der Waals surface area contributed by atoms with Crippen LogP contribution in [-0.4, -0.2) is 26.4 Å². The fraction of sp³-hybridized carbons (Fsp3) is 0.0625. The summed E-state index contributed by atoms with van der Waals surface area (Å²) in [6.45, 7) is 0. The molecule has 0 bridgehead atoms. The van der Waals surface area contributed by atoms with Gasteiger partial charge in [0.2, 0.25) is 5.91 Å². The molecule has 0 radical (unpaired) electrons. The van der Waals surface area contributed by atoms with Gasteiger partial charge >= 0.3 is 0 Å². The zero-order chi connectivity index (χ0) is 17.8. The molecule has 0 atom stereocenters. The first kappa shape index (κ1) is 17.9. The van der Waals surface area contributed by atoms with Crippen LogP contribution in [0.5, 0.6) is 0 Å². The smallest absolute Gasteiger partial charge is 0.234 e. The van der Waals surface area contributed by atoms with E-state index >= 15 is 0 Å². The largest absolute Gasteiger partial charge is 0.323 e. The Morgan fingerprint density at radius 1 is 1.32 bits per heavy atom. The summed E-state index contributed by atoms with van der Waals surface area (Å²) < 4.78 is 16.1. The Balaban J connectivity index is 1.66. The predicted molar refractivity (Wildman–Crippen MR) is 99.8 cm³/mol. The summed E-state index contributed by atoms with van der Waals surface area (Å²) in [6, 6.07) is 11.6. The summed E-state index contributed by atoms with van der Waals surface area (Å²) in [5.41, 5.74) is 0.921. The molecule has 1 aromatic heterocycles. The number of aromatic nitrogens is 3. The maximum atomic E-state index is 13.8. The fourth-order valence-electron chi connectivity index (χ4n) is 2.03. The lowest BCUT2D eigenvalue weighted by Crippen LogP contribution is -2.15. The van der Waals surface area contributed by atoms with E-state index in [0.717, 1.165) is 5.69 Å². The third kappa shape index (κ3) is 4.59. The van der Waals surface area contributed by atoms with Crippen LogP contribution in [0, 0.1) is 5.82 Å². The van der Waals surface area contributed by atoms with Gasteiger partial charge in [0.05, 0.1) is 17.1 Å². The Hall–Kier alpha value is -1.90. The number of nitrogens with zero attached hydrogens (tertiary/aromatic N) is 3. The van der Waals surface area contributed by atoms with Crippen molar-refractivity contribution >= 4 is 50.9 Å². The molecule has 0 spiro atoms. The maximum Gasteiger partial charge on any atom is 0.234 e. The SMILES string of the molecule is O=C(CSc1nncn1-c1cccc(Cl)c1)Nc1ccc(Br)cc1F. The van der Waals surface area contributed by atoms with Crippen LogP contribution in [0.2, 0.25) is 5.02 Å². The molecule has 1 heterocycles. The van der Waals surface area contributed by atoms with Crippen LogP contribution in [0.1, 0.15) is 0 Å². The van der Waals surface area contributed by atoms with E-state index < -0.39 is 5.82 Å². The normalized spacial score (nSPS) is 10.7. The predicted octanol–water partition coefficient (Wildman–Crippen LogP) is 4.55. The standard InChI is InChI=1S/C16H11BrClFN4OS/c17-10-4-5-14(13(19)6-10)21-15(24)8-25-16-22-20-9-23(16)12-3-1-2-11(18)7-12/h1-7,9H,8H2,(H,21,24). The van der Waals surface area contributed by atoms with Gasteiger partial charge in [-0.15, -0.1) is 10.2 Å². The number of rotatable bonds is 5. The molecule has 0 saturated carbocycles. The first-order chi connectivity index (χ1) is 12.0. The van der Waals surface area contributed by atoms with Gasteiger partial charge in [0.25, 0.3) is 0 Å². The van der Waals surface area contributed by atoms with Crippen LogP contribution in [-0.2, 0) is 4.79 Å². The van der Waals surface area contributed by atoms with Crippen molar-refractivity contribution in [3.05, 3.63) is 64.1 Å². The summed E-state index contributed by atoms with van der Waals surface area (Å²) >= 11 is 10.4. The minimum atomic E-state index is -0.505. The number of benzene rings is 2. The van der Waals surface area contributed by atoms with Gasteiger partial charge < -0.3 is 5.32 Å². The van der Waals surface area contributed by atoms with Crippen molar-refractivity contribution in [1.29, 1.82) is 0 Å². The van der Waals surface area contributed by atoms with Gasteiger partial charge in [-0.3, -0.25) is 9.36 Å². The molecule has 2 aromatic carbocycles. The van der Waals surface area contributed by atoms with E-state index in [4.69, 9.17) is 11.6 Å². The first-order valence-corrected chi connectivity index (χ1v) is 9.22. The first-order valence-electron chi connectivity index (χ1n) is 7.06. The molecule has 9 heteroatoms. The molecule has 0 aliphatic heterocycles.